The van der Waals surface area contributed by atoms with Crippen molar-refractivity contribution in [2.24, 2.45) is 11.8 Å². The molecule has 3 N–H and O–H groups in total. The third-order valence-electron chi connectivity index (χ3n) is 2.38. The average Bonchev–Trinajstić information content (AvgIpc) is 2.30. The van der Waals surface area contributed by atoms with E-state index in [9.17, 15) is 4.79 Å². The van der Waals surface area contributed by atoms with Crippen LogP contribution in [0.25, 0.3) is 0 Å². The number of rotatable bonds is 5. The van der Waals surface area contributed by atoms with Gasteiger partial charge in [-0.1, -0.05) is 43.6 Å². The summed E-state index contributed by atoms with van der Waals surface area (Å²) in [5.41, 5.74) is 2.95. The first-order valence-electron chi connectivity index (χ1n) is 5.41. The van der Waals surface area contributed by atoms with Crippen molar-refractivity contribution in [2.45, 2.75) is 26.6 Å². The first-order valence-corrected chi connectivity index (χ1v) is 5.79. The van der Waals surface area contributed by atoms with Crippen LogP contribution in [-0.2, 0) is 16.1 Å². The second kappa shape index (κ2) is 6.59. The number of nitrogens with two attached hydrogens (primary N) is 1. The molecule has 0 aliphatic rings. The van der Waals surface area contributed by atoms with E-state index in [1.165, 1.54) is 0 Å². The molecule has 0 aliphatic carbocycles. The van der Waals surface area contributed by atoms with Crippen molar-refractivity contribution >= 4 is 17.5 Å². The van der Waals surface area contributed by atoms with E-state index >= 15 is 0 Å². The fourth-order valence-corrected chi connectivity index (χ4v) is 1.64. The number of hydrazine groups is 1. The average molecular weight is 257 g/mol. The van der Waals surface area contributed by atoms with Crippen molar-refractivity contribution in [1.82, 2.24) is 5.43 Å². The summed E-state index contributed by atoms with van der Waals surface area (Å²) in [6, 6.07) is 7.37. The molecule has 0 bridgehead atoms. The first kappa shape index (κ1) is 14.0. The van der Waals surface area contributed by atoms with Gasteiger partial charge >= 0.3 is 0 Å². The van der Waals surface area contributed by atoms with Crippen LogP contribution in [0.5, 0.6) is 0 Å². The number of carbonyl (C=O) groups is 1. The Kier molecular flexibility index (Phi) is 5.41. The Labute approximate surface area is 106 Å². The molecule has 0 saturated carbocycles. The molecule has 0 fully saturated rings. The second-order valence-corrected chi connectivity index (χ2v) is 4.48. The molecule has 0 spiro atoms. The van der Waals surface area contributed by atoms with Crippen molar-refractivity contribution in [3.63, 3.8) is 0 Å². The first-order chi connectivity index (χ1) is 8.06. The molecule has 0 radical (unpaired) electrons. The van der Waals surface area contributed by atoms with Gasteiger partial charge in [-0.2, -0.15) is 0 Å². The Bertz CT molecular complexity index is 383. The zero-order chi connectivity index (χ0) is 12.8. The van der Waals surface area contributed by atoms with Gasteiger partial charge in [0.15, 0.2) is 0 Å². The maximum absolute atomic E-state index is 11.5. The topological polar surface area (TPSA) is 64.3 Å². The lowest BCUT2D eigenvalue weighted by Crippen LogP contribution is -2.43. The molecule has 1 aromatic rings. The third kappa shape index (κ3) is 4.00. The summed E-state index contributed by atoms with van der Waals surface area (Å²) in [5.74, 6) is 4.82. The fraction of sp³-hybridized carbons (Fsp3) is 0.417. The maximum atomic E-state index is 11.5. The van der Waals surface area contributed by atoms with E-state index in [1.54, 1.807) is 6.07 Å². The Morgan fingerprint density at radius 3 is 2.65 bits per heavy atom. The van der Waals surface area contributed by atoms with Crippen molar-refractivity contribution < 1.29 is 9.53 Å². The number of carbonyl (C=O) groups excluding carboxylic acids is 1. The van der Waals surface area contributed by atoms with Gasteiger partial charge in [-0.05, 0) is 17.5 Å². The number of benzene rings is 1. The Morgan fingerprint density at radius 2 is 2.12 bits per heavy atom. The van der Waals surface area contributed by atoms with Gasteiger partial charge in [0.05, 0.1) is 6.61 Å². The number of nitrogens with one attached hydrogen (secondary N) is 1. The van der Waals surface area contributed by atoms with Crippen molar-refractivity contribution in [3.05, 3.63) is 34.9 Å². The van der Waals surface area contributed by atoms with Gasteiger partial charge in [-0.25, -0.2) is 5.84 Å². The minimum atomic E-state index is -0.573. The van der Waals surface area contributed by atoms with Crippen molar-refractivity contribution in [2.75, 3.05) is 0 Å². The minimum absolute atomic E-state index is 0.0426. The van der Waals surface area contributed by atoms with Crippen LogP contribution in [0.3, 0.4) is 0 Å². The fourth-order valence-electron chi connectivity index (χ4n) is 1.45. The highest BCUT2D eigenvalue weighted by Crippen LogP contribution is 2.18. The van der Waals surface area contributed by atoms with Crippen LogP contribution in [0.1, 0.15) is 19.4 Å². The molecule has 17 heavy (non-hydrogen) atoms. The van der Waals surface area contributed by atoms with Crippen molar-refractivity contribution in [1.29, 1.82) is 0 Å². The molecule has 0 saturated heterocycles. The summed E-state index contributed by atoms with van der Waals surface area (Å²) in [4.78, 5) is 11.5. The van der Waals surface area contributed by atoms with Crippen LogP contribution in [0, 0.1) is 5.92 Å². The number of ether oxygens (including phenoxy) is 1. The molecule has 1 amide bonds. The lowest BCUT2D eigenvalue weighted by atomic mass is 10.1. The highest BCUT2D eigenvalue weighted by molar-refractivity contribution is 6.31. The normalized spacial score (nSPS) is 12.5. The standard InChI is InChI=1S/C12H17ClN2O2/c1-8(2)11(12(16)15-14)17-7-9-5-3-4-6-10(9)13/h3-6,8,11H,7,14H2,1-2H3,(H,15,16). The predicted octanol–water partition coefficient (Wildman–Crippen LogP) is 1.87. The van der Waals surface area contributed by atoms with Crippen LogP contribution in [0.2, 0.25) is 5.02 Å². The Hall–Kier alpha value is -1.10. The molecule has 0 heterocycles. The second-order valence-electron chi connectivity index (χ2n) is 4.08. The van der Waals surface area contributed by atoms with E-state index in [-0.39, 0.29) is 18.4 Å². The summed E-state index contributed by atoms with van der Waals surface area (Å²) in [7, 11) is 0. The van der Waals surface area contributed by atoms with Crippen LogP contribution in [-0.4, -0.2) is 12.0 Å². The molecular formula is C12H17ClN2O2. The van der Waals surface area contributed by atoms with E-state index in [0.29, 0.717) is 5.02 Å². The minimum Gasteiger partial charge on any atom is -0.363 e. The molecule has 94 valence electrons. The zero-order valence-corrected chi connectivity index (χ0v) is 10.7. The molecule has 5 heteroatoms. The molecule has 1 atom stereocenters. The van der Waals surface area contributed by atoms with E-state index < -0.39 is 6.10 Å². The predicted molar refractivity (Wildman–Crippen MR) is 67.2 cm³/mol. The van der Waals surface area contributed by atoms with Gasteiger partial charge in [-0.3, -0.25) is 10.2 Å². The number of amides is 1. The van der Waals surface area contributed by atoms with Gasteiger partial charge in [0, 0.05) is 5.02 Å². The largest absolute Gasteiger partial charge is 0.363 e. The van der Waals surface area contributed by atoms with E-state index in [0.717, 1.165) is 5.56 Å². The molecule has 1 aromatic carbocycles. The van der Waals surface area contributed by atoms with Crippen LogP contribution in [0.15, 0.2) is 24.3 Å². The highest BCUT2D eigenvalue weighted by Gasteiger charge is 2.22. The summed E-state index contributed by atoms with van der Waals surface area (Å²) in [6.45, 7) is 4.08. The SMILES string of the molecule is CC(C)C(OCc1ccccc1Cl)C(=O)NN. The van der Waals surface area contributed by atoms with E-state index in [2.05, 4.69) is 5.43 Å². The van der Waals surface area contributed by atoms with E-state index in [1.807, 2.05) is 32.0 Å². The maximum Gasteiger partial charge on any atom is 0.263 e. The lowest BCUT2D eigenvalue weighted by Gasteiger charge is -2.19. The lowest BCUT2D eigenvalue weighted by molar-refractivity contribution is -0.136. The highest BCUT2D eigenvalue weighted by atomic mass is 35.5. The molecule has 1 rings (SSSR count). The van der Waals surface area contributed by atoms with Gasteiger partial charge in [-0.15, -0.1) is 0 Å². The summed E-state index contributed by atoms with van der Waals surface area (Å²) < 4.78 is 5.55. The van der Waals surface area contributed by atoms with Gasteiger partial charge < -0.3 is 4.74 Å². The number of hydrogen-bond donors (Lipinski definition) is 2. The summed E-state index contributed by atoms with van der Waals surface area (Å²) in [5, 5.41) is 0.628. The zero-order valence-electron chi connectivity index (χ0n) is 9.94. The van der Waals surface area contributed by atoms with Crippen molar-refractivity contribution in [3.8, 4) is 0 Å². The quantitative estimate of drug-likeness (QED) is 0.480. The summed E-state index contributed by atoms with van der Waals surface area (Å²) in [6.07, 6.45) is -0.573. The summed E-state index contributed by atoms with van der Waals surface area (Å²) >= 11 is 6.00. The van der Waals surface area contributed by atoms with Crippen LogP contribution >= 0.6 is 11.6 Å². The molecule has 4 nitrogen and oxygen atoms in total. The van der Waals surface area contributed by atoms with Gasteiger partial charge in [0.1, 0.15) is 6.10 Å². The van der Waals surface area contributed by atoms with Crippen LogP contribution in [0.4, 0.5) is 0 Å². The van der Waals surface area contributed by atoms with Crippen LogP contribution < -0.4 is 11.3 Å². The molecule has 0 aromatic heterocycles. The smallest absolute Gasteiger partial charge is 0.263 e. The van der Waals surface area contributed by atoms with Gasteiger partial charge in [0.2, 0.25) is 0 Å². The number of halogens is 1. The van der Waals surface area contributed by atoms with Gasteiger partial charge in [0.25, 0.3) is 5.91 Å². The Morgan fingerprint density at radius 1 is 1.47 bits per heavy atom. The Balaban J connectivity index is 2.64. The number of hydrogen-bond acceptors (Lipinski definition) is 3. The molecule has 0 aliphatic heterocycles. The monoisotopic (exact) mass is 256 g/mol. The third-order valence-corrected chi connectivity index (χ3v) is 2.75. The van der Waals surface area contributed by atoms with E-state index in [4.69, 9.17) is 22.2 Å². The molecular weight excluding hydrogens is 240 g/mol. The molecule has 1 unspecified atom stereocenters.